The number of phosphoric ester groups is 2. The average molecular weight is 1860 g/mol. The number of aromatic nitrogens is 8. The zero-order chi connectivity index (χ0) is 93.6. The van der Waals surface area contributed by atoms with E-state index in [4.69, 9.17) is 70.1 Å². The lowest BCUT2D eigenvalue weighted by Crippen LogP contribution is -2.52. The van der Waals surface area contributed by atoms with Gasteiger partial charge in [0.25, 0.3) is 22.9 Å². The highest BCUT2D eigenvalue weighted by atomic mass is 31.2. The Kier molecular flexibility index (Phi) is 29.4. The van der Waals surface area contributed by atoms with Crippen molar-refractivity contribution in [1.29, 1.82) is 0 Å². The third kappa shape index (κ3) is 21.8. The number of carbonyl (C=O) groups is 2. The first-order chi connectivity index (χ1) is 62.3. The molecule has 4 unspecified atom stereocenters. The van der Waals surface area contributed by atoms with E-state index in [2.05, 4.69) is 99.8 Å². The van der Waals surface area contributed by atoms with Gasteiger partial charge in [0.1, 0.15) is 65.1 Å². The molecule has 0 spiro atoms. The molecule has 8 aromatic carbocycles. The summed E-state index contributed by atoms with van der Waals surface area (Å²) in [4.78, 5) is 104. The molecule has 2 amide bonds. The van der Waals surface area contributed by atoms with Crippen molar-refractivity contribution in [2.24, 2.45) is 0 Å². The highest BCUT2D eigenvalue weighted by Gasteiger charge is 2.59. The van der Waals surface area contributed by atoms with Crippen molar-refractivity contribution < 1.29 is 88.6 Å². The summed E-state index contributed by atoms with van der Waals surface area (Å²) < 4.78 is 119. The summed E-state index contributed by atoms with van der Waals surface area (Å²) in [5.74, 6) is 0.216. The minimum Gasteiger partial charge on any atom is -0.497 e. The number of aromatic amines is 2. The van der Waals surface area contributed by atoms with E-state index in [-0.39, 0.29) is 46.1 Å². The number of hydrogen-bond acceptors (Lipinski definition) is 23. The molecule has 6 N–H and O–H groups in total. The van der Waals surface area contributed by atoms with Crippen LogP contribution in [0.3, 0.4) is 0 Å². The van der Waals surface area contributed by atoms with Crippen LogP contribution in [-0.2, 0) is 75.8 Å². The second-order valence-electron chi connectivity index (χ2n) is 36.2. The van der Waals surface area contributed by atoms with Crippen molar-refractivity contribution in [3.8, 4) is 17.2 Å². The number of nitrogens with one attached hydrogen (secondary N) is 4. The highest BCUT2D eigenvalue weighted by molar-refractivity contribution is 7.47. The van der Waals surface area contributed by atoms with Crippen LogP contribution >= 0.6 is 15.6 Å². The topological polar surface area (TPSA) is 380 Å². The van der Waals surface area contributed by atoms with Gasteiger partial charge in [0, 0.05) is 0 Å². The van der Waals surface area contributed by atoms with Crippen LogP contribution in [0.5, 0.6) is 17.2 Å². The summed E-state index contributed by atoms with van der Waals surface area (Å²) in [5, 5.41) is 4.34. The Balaban J connectivity index is 0.772. The van der Waals surface area contributed by atoms with Crippen molar-refractivity contribution in [2.45, 2.75) is 185 Å². The number of nitrogens with zero attached hydrogens (tertiary/aromatic N) is 6. The Morgan fingerprint density at radius 3 is 1.11 bits per heavy atom. The van der Waals surface area contributed by atoms with E-state index in [9.17, 15) is 38.1 Å². The largest absolute Gasteiger partial charge is 0.497 e. The van der Waals surface area contributed by atoms with Crippen LogP contribution in [0.25, 0.3) is 22.3 Å². The Bertz CT molecular complexity index is 6070. The molecule has 10 atom stereocenters. The van der Waals surface area contributed by atoms with Gasteiger partial charge in [-0.25, -0.2) is 19.1 Å². The third-order valence-corrected chi connectivity index (χ3v) is 35.4. The summed E-state index contributed by atoms with van der Waals surface area (Å²) in [6.45, 7) is 26.6. The number of ether oxygens (including phenoxy) is 7. The van der Waals surface area contributed by atoms with Gasteiger partial charge in [0.15, 0.2) is 64.6 Å². The van der Waals surface area contributed by atoms with E-state index in [0.29, 0.717) is 50.6 Å². The molecule has 2 aliphatic heterocycles. The molecule has 0 bridgehead atoms. The van der Waals surface area contributed by atoms with Gasteiger partial charge in [0.05, 0.1) is 46.2 Å². The maximum Gasteiger partial charge on any atom is 0.472 e. The Labute approximate surface area is 762 Å². The van der Waals surface area contributed by atoms with Crippen LogP contribution in [0.2, 0.25) is 36.3 Å². The van der Waals surface area contributed by atoms with Gasteiger partial charge in [0.2, 0.25) is 11.9 Å². The first-order valence-corrected chi connectivity index (χ1v) is 52.3. The average Bonchev–Trinajstić information content (AvgIpc) is 1.65. The molecule has 0 radical (unpaired) electrons. The van der Waals surface area contributed by atoms with Crippen LogP contribution < -0.4 is 36.0 Å². The molecule has 692 valence electrons. The predicted octanol–water partition coefficient (Wildman–Crippen LogP) is 17.4. The number of amides is 2. The van der Waals surface area contributed by atoms with E-state index < -0.39 is 165 Å². The normalized spacial score (nSPS) is 19.1. The molecule has 2 fully saturated rings. The molecule has 4 aromatic heterocycles. The number of fused-ring (bicyclic) bond motifs is 2. The lowest BCUT2D eigenvalue weighted by atomic mass is 9.79. The number of methoxy groups -OCH3 is 1. The standard InChI is InChI=1S/C96H114N10O21P2Si2/c1-61(2)64-39-47-73(48-40-64)116-57-77(107)99-91-101-85-79(87(109)103-91)97-59-105(85)89-83(126-130(13,14)93(6,7)8)81(124-95(66-29-21-17-22-30-66,67-31-23-18-24-32-67)70-43-37-63(5)38-44-70)75(122-89)55-120-128(111,112)118-53-54-119-129(113,114)121-56-76-82(125-96(68-33-25-19-26-34-68,69-35-27-20-28-36-69)71-45-51-72(115-12)52-46-71)84(127-131(15,16)94(9,10)11)90(123-76)106-60-98-80-86(106)102-92(104-88(80)110)100-78(108)58-117-74-49-41-65(42-50-74)62(3)4/h17-52,59-62,75-76,81-84,89-90H,53-58H2,1-16H3,(H,111,112)(H,113,114)(H2,99,101,103,107,109)(H2,100,102,104,108,110)/t75?,76?,81-,82-,83-,84-,89-,90-/m1/s1. The van der Waals surface area contributed by atoms with E-state index in [1.165, 1.54) is 21.8 Å². The van der Waals surface area contributed by atoms with E-state index in [1.807, 2.05) is 215 Å². The number of H-pyrrole nitrogens is 2. The van der Waals surface area contributed by atoms with Crippen molar-refractivity contribution in [3.63, 3.8) is 0 Å². The van der Waals surface area contributed by atoms with Crippen molar-refractivity contribution in [3.05, 3.63) is 302 Å². The predicted molar refractivity (Wildman–Crippen MR) is 500 cm³/mol. The first-order valence-electron chi connectivity index (χ1n) is 43.4. The fourth-order valence-electron chi connectivity index (χ4n) is 15.4. The van der Waals surface area contributed by atoms with Gasteiger partial charge in [-0.05, 0) is 136 Å². The summed E-state index contributed by atoms with van der Waals surface area (Å²) in [6, 6.07) is 67.9. The summed E-state index contributed by atoms with van der Waals surface area (Å²) in [5.41, 5.74) is 2.19. The molecule has 0 saturated carbocycles. The quantitative estimate of drug-likeness (QED) is 0.00906. The molecule has 12 aromatic rings. The van der Waals surface area contributed by atoms with Crippen molar-refractivity contribution in [2.75, 3.05) is 57.4 Å². The van der Waals surface area contributed by atoms with Crippen LogP contribution in [0.4, 0.5) is 11.9 Å². The van der Waals surface area contributed by atoms with Crippen LogP contribution in [0, 0.1) is 6.92 Å². The number of benzene rings is 8. The minimum atomic E-state index is -5.32. The maximum absolute atomic E-state index is 14.8. The minimum absolute atomic E-state index is 0.0452. The SMILES string of the molecule is COc1ccc(C(O[C@@H]2C(COP(=O)(O)OCCOP(=O)(O)OCC3O[C@@H](n4cnc5c(=O)[nH]c(NC(=O)COc6ccc(C(C)C)cc6)nc54)[C@H](O[Si](C)(C)C(C)(C)C)[C@@H]3OC(c3ccccc3)(c3ccccc3)c3ccc(C)cc3)O[C@@H](n3cnc4c(=O)[nH]c(NC(=O)COc5ccc(C(C)C)cc5)nc43)[C@@H]2O[Si](C)(C)C(C)(C)C)(c2ccccc2)c2ccccc2)cc1. The number of hydrogen-bond donors (Lipinski definition) is 6. The van der Waals surface area contributed by atoms with E-state index >= 15 is 0 Å². The van der Waals surface area contributed by atoms with Gasteiger partial charge >= 0.3 is 15.6 Å². The molecule has 0 aliphatic carbocycles. The lowest BCUT2D eigenvalue weighted by Gasteiger charge is -2.44. The number of anilines is 2. The fourth-order valence-corrected chi connectivity index (χ4v) is 19.4. The first kappa shape index (κ1) is 96.3. The smallest absolute Gasteiger partial charge is 0.472 e. The molecule has 2 aliphatic rings. The number of rotatable bonds is 38. The Morgan fingerprint density at radius 1 is 0.466 bits per heavy atom. The van der Waals surface area contributed by atoms with E-state index in [1.54, 1.807) is 43.5 Å². The van der Waals surface area contributed by atoms with Gasteiger partial charge in [-0.2, -0.15) is 9.97 Å². The van der Waals surface area contributed by atoms with Crippen molar-refractivity contribution in [1.82, 2.24) is 39.0 Å². The molecule has 31 nitrogen and oxygen atoms in total. The monoisotopic (exact) mass is 1860 g/mol. The second kappa shape index (κ2) is 39.9. The van der Waals surface area contributed by atoms with E-state index in [0.717, 1.165) is 16.7 Å². The zero-order valence-corrected chi connectivity index (χ0v) is 80.0. The maximum atomic E-state index is 14.8. The van der Waals surface area contributed by atoms with Gasteiger partial charge < -0.3 is 51.8 Å². The number of phosphoric acid groups is 2. The Hall–Kier alpha value is -10.8. The molecule has 35 heteroatoms. The summed E-state index contributed by atoms with van der Waals surface area (Å²) in [7, 11) is -15.2. The molecular formula is C96H114N10O21P2Si2. The van der Waals surface area contributed by atoms with Crippen LogP contribution in [-0.4, -0.2) is 161 Å². The summed E-state index contributed by atoms with van der Waals surface area (Å²) in [6.07, 6.45) is -7.80. The number of aryl methyl sites for hydroxylation is 1. The molecular weight excluding hydrogens is 1750 g/mol. The summed E-state index contributed by atoms with van der Waals surface area (Å²) >= 11 is 0. The van der Waals surface area contributed by atoms with Gasteiger partial charge in [-0.15, -0.1) is 0 Å². The molecule has 6 heterocycles. The lowest BCUT2D eigenvalue weighted by molar-refractivity contribution is -0.118. The number of imidazole rings is 2. The van der Waals surface area contributed by atoms with Gasteiger partial charge in [-0.1, -0.05) is 257 Å². The molecule has 14 rings (SSSR count). The van der Waals surface area contributed by atoms with Crippen LogP contribution in [0.15, 0.2) is 241 Å². The fraction of sp³-hybridized carbons (Fsp3) is 0.375. The Morgan fingerprint density at radius 2 is 0.786 bits per heavy atom. The zero-order valence-electron chi connectivity index (χ0n) is 76.2. The third-order valence-electron chi connectivity index (χ3n) is 24.5. The van der Waals surface area contributed by atoms with Gasteiger partial charge in [-0.3, -0.25) is 67.0 Å². The second-order valence-corrected chi connectivity index (χ2v) is 48.6. The molecule has 131 heavy (non-hydrogen) atoms. The van der Waals surface area contributed by atoms with Crippen molar-refractivity contribution >= 4 is 78.3 Å². The highest BCUT2D eigenvalue weighted by Crippen LogP contribution is 2.54. The molecule has 2 saturated heterocycles. The van der Waals surface area contributed by atoms with Crippen LogP contribution in [0.1, 0.15) is 144 Å². The number of carbonyl (C=O) groups excluding carboxylic acids is 2.